The van der Waals surface area contributed by atoms with Gasteiger partial charge in [0, 0.05) is 18.8 Å². The molecule has 3 nitrogen and oxygen atoms in total. The molecule has 2 aliphatic heterocycles. The molecule has 2 heterocycles. The van der Waals surface area contributed by atoms with Gasteiger partial charge < -0.3 is 4.57 Å². The third-order valence-electron chi connectivity index (χ3n) is 3.46. The van der Waals surface area contributed by atoms with Gasteiger partial charge in [0.2, 0.25) is 0 Å². The first-order chi connectivity index (χ1) is 10.4. The predicted octanol–water partition coefficient (Wildman–Crippen LogP) is 3.57. The lowest BCUT2D eigenvalue weighted by Crippen LogP contribution is -2.14. The monoisotopic (exact) mass is 304 g/mol. The maximum Gasteiger partial charge on any atom is 0.416 e. The predicted molar refractivity (Wildman–Crippen MR) is 76.5 cm³/mol. The van der Waals surface area contributed by atoms with Gasteiger partial charge in [-0.1, -0.05) is 12.1 Å². The van der Waals surface area contributed by atoms with Crippen LogP contribution in [0.3, 0.4) is 0 Å². The molecule has 0 spiro atoms. The third kappa shape index (κ3) is 2.47. The van der Waals surface area contributed by atoms with E-state index in [2.05, 4.69) is 4.98 Å². The minimum absolute atomic E-state index is 0.355. The molecule has 6 heteroatoms. The van der Waals surface area contributed by atoms with E-state index in [4.69, 9.17) is 0 Å². The summed E-state index contributed by atoms with van der Waals surface area (Å²) in [5.74, 6) is 0. The van der Waals surface area contributed by atoms with Gasteiger partial charge in [0.25, 0.3) is 5.56 Å². The van der Waals surface area contributed by atoms with E-state index in [1.54, 1.807) is 36.0 Å². The average molecular weight is 304 g/mol. The molecule has 0 aliphatic carbocycles. The van der Waals surface area contributed by atoms with E-state index in [0.717, 1.165) is 12.1 Å². The van der Waals surface area contributed by atoms with E-state index in [-0.39, 0.29) is 0 Å². The number of aryl methyl sites for hydroxylation is 1. The van der Waals surface area contributed by atoms with E-state index in [9.17, 15) is 18.0 Å². The standard InChI is InChI=1S/C16H11F3N2O/c1-21-8-2-3-12-14(21)9-13(20-15(12)22)10-4-6-11(7-5-10)16(17,18)19/h2-9H,1H3. The lowest BCUT2D eigenvalue weighted by atomic mass is 10.0. The molecule has 0 fully saturated rings. The van der Waals surface area contributed by atoms with Crippen molar-refractivity contribution in [1.29, 1.82) is 0 Å². The number of pyridine rings is 2. The Hall–Kier alpha value is -2.63. The first-order valence-corrected chi connectivity index (χ1v) is 6.50. The van der Waals surface area contributed by atoms with Crippen LogP contribution in [-0.2, 0) is 13.2 Å². The summed E-state index contributed by atoms with van der Waals surface area (Å²) in [6.07, 6.45) is -2.59. The highest BCUT2D eigenvalue weighted by Gasteiger charge is 2.30. The molecule has 0 bridgehead atoms. The van der Waals surface area contributed by atoms with Crippen LogP contribution in [0.4, 0.5) is 13.2 Å². The Morgan fingerprint density at radius 3 is 2.41 bits per heavy atom. The summed E-state index contributed by atoms with van der Waals surface area (Å²) in [5.41, 5.74) is 0.843. The van der Waals surface area contributed by atoms with Crippen molar-refractivity contribution in [2.24, 2.45) is 7.05 Å². The van der Waals surface area contributed by atoms with Crippen LogP contribution in [0.25, 0.3) is 22.5 Å². The molecule has 0 aromatic heterocycles. The number of aromatic nitrogens is 2. The molecule has 0 N–H and O–H groups in total. The topological polar surface area (TPSA) is 34.9 Å². The fourth-order valence-electron chi connectivity index (χ4n) is 2.29. The minimum atomic E-state index is -4.38. The summed E-state index contributed by atoms with van der Waals surface area (Å²) in [4.78, 5) is 16.0. The smallest absolute Gasteiger partial charge is 0.350 e. The molecule has 112 valence electrons. The molecule has 3 rings (SSSR count). The minimum Gasteiger partial charge on any atom is -0.350 e. The summed E-state index contributed by atoms with van der Waals surface area (Å²) in [5, 5.41) is 0. The number of fused-ring (bicyclic) bond motifs is 1. The second-order valence-electron chi connectivity index (χ2n) is 4.94. The van der Waals surface area contributed by atoms with Gasteiger partial charge in [0.15, 0.2) is 0 Å². The number of hydrogen-bond acceptors (Lipinski definition) is 2. The summed E-state index contributed by atoms with van der Waals surface area (Å²) < 4.78 is 39.5. The number of benzene rings is 1. The van der Waals surface area contributed by atoms with Crippen molar-refractivity contribution in [3.63, 3.8) is 0 Å². The quantitative estimate of drug-likeness (QED) is 0.689. The van der Waals surface area contributed by atoms with Gasteiger partial charge >= 0.3 is 6.18 Å². The Labute approximate surface area is 124 Å². The first kappa shape index (κ1) is 14.3. The van der Waals surface area contributed by atoms with Gasteiger partial charge in [-0.2, -0.15) is 13.2 Å². The lowest BCUT2D eigenvalue weighted by molar-refractivity contribution is -0.137. The lowest BCUT2D eigenvalue weighted by Gasteiger charge is -2.12. The molecule has 1 aromatic carbocycles. The molecule has 0 saturated heterocycles. The maximum absolute atomic E-state index is 12.6. The zero-order chi connectivity index (χ0) is 15.9. The average Bonchev–Trinajstić information content (AvgIpc) is 2.47. The van der Waals surface area contributed by atoms with E-state index in [0.29, 0.717) is 22.5 Å². The molecule has 0 radical (unpaired) electrons. The summed E-state index contributed by atoms with van der Waals surface area (Å²) in [6, 6.07) is 9.70. The third-order valence-corrected chi connectivity index (χ3v) is 3.46. The van der Waals surface area contributed by atoms with Crippen LogP contribution in [-0.4, -0.2) is 9.55 Å². The van der Waals surface area contributed by atoms with E-state index < -0.39 is 17.3 Å². The van der Waals surface area contributed by atoms with Crippen LogP contribution in [0.1, 0.15) is 5.56 Å². The molecule has 0 saturated carbocycles. The summed E-state index contributed by atoms with van der Waals surface area (Å²) in [7, 11) is 1.79. The maximum atomic E-state index is 12.6. The van der Waals surface area contributed by atoms with E-state index >= 15 is 0 Å². The second-order valence-corrected chi connectivity index (χ2v) is 4.94. The van der Waals surface area contributed by atoms with Crippen molar-refractivity contribution in [1.82, 2.24) is 9.55 Å². The van der Waals surface area contributed by atoms with Crippen molar-refractivity contribution in [2.75, 3.05) is 0 Å². The Kier molecular flexibility index (Phi) is 3.24. The molecule has 0 unspecified atom stereocenters. The van der Waals surface area contributed by atoms with Crippen LogP contribution < -0.4 is 5.56 Å². The highest BCUT2D eigenvalue weighted by Crippen LogP contribution is 2.31. The molecule has 2 aliphatic rings. The van der Waals surface area contributed by atoms with Crippen LogP contribution in [0.2, 0.25) is 0 Å². The van der Waals surface area contributed by atoms with Crippen LogP contribution >= 0.6 is 0 Å². The Morgan fingerprint density at radius 2 is 1.77 bits per heavy atom. The van der Waals surface area contributed by atoms with Crippen LogP contribution in [0.5, 0.6) is 0 Å². The van der Waals surface area contributed by atoms with Crippen molar-refractivity contribution < 1.29 is 13.2 Å². The normalized spacial score (nSPS) is 11.8. The number of halogens is 3. The van der Waals surface area contributed by atoms with E-state index in [1.807, 2.05) is 0 Å². The Balaban J connectivity index is 2.13. The number of alkyl halides is 3. The van der Waals surface area contributed by atoms with Gasteiger partial charge in [-0.3, -0.25) is 4.79 Å². The second kappa shape index (κ2) is 4.98. The number of nitrogens with zero attached hydrogens (tertiary/aromatic N) is 2. The summed E-state index contributed by atoms with van der Waals surface area (Å²) >= 11 is 0. The largest absolute Gasteiger partial charge is 0.416 e. The van der Waals surface area contributed by atoms with Crippen LogP contribution in [0, 0.1) is 0 Å². The van der Waals surface area contributed by atoms with Gasteiger partial charge in [0.05, 0.1) is 22.5 Å². The van der Waals surface area contributed by atoms with Crippen molar-refractivity contribution >= 4 is 0 Å². The van der Waals surface area contributed by atoms with Gasteiger partial charge in [-0.05, 0) is 30.3 Å². The van der Waals surface area contributed by atoms with Crippen molar-refractivity contribution in [3.8, 4) is 22.5 Å². The molecule has 0 amide bonds. The Bertz CT molecular complexity index is 851. The SMILES string of the molecule is Cn1cccc2c(=O)nc(-c3ccc(C(F)(F)F)cc3)cc1-2. The fraction of sp³-hybridized carbons (Fsp3) is 0.125. The van der Waals surface area contributed by atoms with Crippen molar-refractivity contribution in [3.05, 3.63) is 64.6 Å². The number of hydrogen-bond donors (Lipinski definition) is 0. The highest BCUT2D eigenvalue weighted by molar-refractivity contribution is 5.69. The molecule has 22 heavy (non-hydrogen) atoms. The molecule has 1 aromatic rings. The van der Waals surface area contributed by atoms with Crippen LogP contribution in [0.15, 0.2) is 53.5 Å². The first-order valence-electron chi connectivity index (χ1n) is 6.50. The van der Waals surface area contributed by atoms with Gasteiger partial charge in [-0.15, -0.1) is 0 Å². The zero-order valence-electron chi connectivity index (χ0n) is 11.6. The Morgan fingerprint density at radius 1 is 1.09 bits per heavy atom. The molecular formula is C16H11F3N2O. The van der Waals surface area contributed by atoms with Gasteiger partial charge in [-0.25, -0.2) is 4.98 Å². The molecular weight excluding hydrogens is 293 g/mol. The summed E-state index contributed by atoms with van der Waals surface area (Å²) in [6.45, 7) is 0. The molecule has 0 atom stereocenters. The zero-order valence-corrected chi connectivity index (χ0v) is 11.6. The number of rotatable bonds is 1. The van der Waals surface area contributed by atoms with Crippen molar-refractivity contribution in [2.45, 2.75) is 6.18 Å². The highest BCUT2D eigenvalue weighted by atomic mass is 19.4. The van der Waals surface area contributed by atoms with Gasteiger partial charge in [0.1, 0.15) is 0 Å². The fourth-order valence-corrected chi connectivity index (χ4v) is 2.29. The van der Waals surface area contributed by atoms with E-state index in [1.165, 1.54) is 12.1 Å².